The second kappa shape index (κ2) is 7.28. The number of hydrogen-bond donors (Lipinski definition) is 0. The summed E-state index contributed by atoms with van der Waals surface area (Å²) in [6.07, 6.45) is -12.2. The van der Waals surface area contributed by atoms with Crippen LogP contribution in [0.1, 0.15) is 12.5 Å². The Morgan fingerprint density at radius 1 is 1.14 bits per heavy atom. The highest BCUT2D eigenvalue weighted by Gasteiger charge is 2.41. The summed E-state index contributed by atoms with van der Waals surface area (Å²) < 4.78 is 87.3. The van der Waals surface area contributed by atoms with Gasteiger partial charge in [-0.3, -0.25) is 0 Å². The lowest BCUT2D eigenvalue weighted by Crippen LogP contribution is -2.31. The monoisotopic (exact) mass is 442 g/mol. The highest BCUT2D eigenvalue weighted by molar-refractivity contribution is 7.14. The summed E-state index contributed by atoms with van der Waals surface area (Å²) in [6.45, 7) is 0.614. The van der Waals surface area contributed by atoms with Gasteiger partial charge in [-0.2, -0.15) is 31.3 Å². The summed E-state index contributed by atoms with van der Waals surface area (Å²) in [5, 5.41) is 5.69. The van der Waals surface area contributed by atoms with Crippen LogP contribution in [0.3, 0.4) is 0 Å². The van der Waals surface area contributed by atoms with E-state index < -0.39 is 29.8 Å². The van der Waals surface area contributed by atoms with E-state index >= 15 is 0 Å². The van der Waals surface area contributed by atoms with E-state index in [0.29, 0.717) is 22.9 Å². The van der Waals surface area contributed by atoms with Crippen molar-refractivity contribution in [1.82, 2.24) is 10.1 Å². The second-order valence-electron chi connectivity index (χ2n) is 5.53. The minimum Gasteiger partial charge on any atom is -0.481 e. The molecule has 0 saturated carbocycles. The number of nitrogens with zero attached hydrogens (tertiary/aromatic N) is 2. The first-order valence-electron chi connectivity index (χ1n) is 7.49. The van der Waals surface area contributed by atoms with Gasteiger partial charge in [0.05, 0.1) is 15.5 Å². The maximum absolute atomic E-state index is 13.3. The van der Waals surface area contributed by atoms with E-state index in [1.807, 2.05) is 0 Å². The molecule has 150 valence electrons. The molecule has 3 aromatic rings. The van der Waals surface area contributed by atoms with E-state index in [1.165, 1.54) is 11.3 Å². The molecule has 0 N–H and O–H groups in total. The van der Waals surface area contributed by atoms with E-state index in [4.69, 9.17) is 16.1 Å². The van der Waals surface area contributed by atoms with E-state index in [1.54, 1.807) is 11.4 Å². The standard InChI is InChI=1S/C16H9ClF6N2O2S/c1-7(15(18,19)20)26-11-3-2-8(6-9(11)16(21,22)23)14-24-13(25-27-14)12-10(17)4-5-28-12/h2-7H,1H3. The predicted octanol–water partition coefficient (Wildman–Crippen LogP) is 6.47. The average Bonchev–Trinajstić information content (AvgIpc) is 3.22. The van der Waals surface area contributed by atoms with Crippen molar-refractivity contribution in [3.8, 4) is 27.9 Å². The number of alkyl halides is 6. The minimum absolute atomic E-state index is 0.0783. The van der Waals surface area contributed by atoms with Gasteiger partial charge in [-0.15, -0.1) is 11.3 Å². The molecule has 0 fully saturated rings. The van der Waals surface area contributed by atoms with E-state index in [9.17, 15) is 26.3 Å². The number of hydrogen-bond acceptors (Lipinski definition) is 5. The van der Waals surface area contributed by atoms with Crippen molar-refractivity contribution in [2.24, 2.45) is 0 Å². The average molecular weight is 443 g/mol. The van der Waals surface area contributed by atoms with Gasteiger partial charge in [0.25, 0.3) is 5.89 Å². The van der Waals surface area contributed by atoms with Crippen LogP contribution < -0.4 is 4.74 Å². The van der Waals surface area contributed by atoms with Crippen LogP contribution in [0, 0.1) is 0 Å². The summed E-state index contributed by atoms with van der Waals surface area (Å²) in [5.41, 5.74) is -1.53. The summed E-state index contributed by atoms with van der Waals surface area (Å²) in [5.74, 6) is -1.13. The normalized spacial score (nSPS) is 13.6. The quantitative estimate of drug-likeness (QED) is 0.435. The number of thiophene rings is 1. The molecular weight excluding hydrogens is 434 g/mol. The molecule has 4 nitrogen and oxygen atoms in total. The molecule has 0 aliphatic carbocycles. The molecule has 2 aromatic heterocycles. The van der Waals surface area contributed by atoms with Gasteiger partial charge in [0.15, 0.2) is 6.10 Å². The Morgan fingerprint density at radius 3 is 2.43 bits per heavy atom. The molecule has 1 atom stereocenters. The summed E-state index contributed by atoms with van der Waals surface area (Å²) >= 11 is 7.16. The Bertz CT molecular complexity index is 982. The van der Waals surface area contributed by atoms with Gasteiger partial charge in [0.2, 0.25) is 5.82 Å². The molecule has 0 amide bonds. The molecule has 0 aliphatic heterocycles. The number of aromatic nitrogens is 2. The fraction of sp³-hybridized carbons (Fsp3) is 0.250. The van der Waals surface area contributed by atoms with Crippen molar-refractivity contribution in [1.29, 1.82) is 0 Å². The van der Waals surface area contributed by atoms with E-state index in [2.05, 4.69) is 14.9 Å². The van der Waals surface area contributed by atoms with Crippen molar-refractivity contribution in [3.63, 3.8) is 0 Å². The van der Waals surface area contributed by atoms with Crippen molar-refractivity contribution in [3.05, 3.63) is 40.2 Å². The molecular formula is C16H9ClF6N2O2S. The van der Waals surface area contributed by atoms with Crippen molar-refractivity contribution in [2.75, 3.05) is 0 Å². The Kier molecular flexibility index (Phi) is 5.32. The van der Waals surface area contributed by atoms with Crippen molar-refractivity contribution >= 4 is 22.9 Å². The van der Waals surface area contributed by atoms with E-state index in [0.717, 1.165) is 12.1 Å². The van der Waals surface area contributed by atoms with Crippen molar-refractivity contribution in [2.45, 2.75) is 25.4 Å². The Labute approximate surface area is 162 Å². The van der Waals surface area contributed by atoms with E-state index in [-0.39, 0.29) is 17.3 Å². The highest BCUT2D eigenvalue weighted by Crippen LogP contribution is 2.40. The third-order valence-corrected chi connectivity index (χ3v) is 4.88. The molecule has 0 spiro atoms. The van der Waals surface area contributed by atoms with Crippen LogP contribution in [0.2, 0.25) is 5.02 Å². The third-order valence-electron chi connectivity index (χ3n) is 3.54. The molecule has 12 heteroatoms. The van der Waals surface area contributed by atoms with Crippen LogP contribution in [0.4, 0.5) is 26.3 Å². The van der Waals surface area contributed by atoms with Gasteiger partial charge in [-0.25, -0.2) is 0 Å². The lowest BCUT2D eigenvalue weighted by molar-refractivity contribution is -0.191. The number of benzene rings is 1. The zero-order chi connectivity index (χ0) is 20.7. The lowest BCUT2D eigenvalue weighted by Gasteiger charge is -2.20. The smallest absolute Gasteiger partial charge is 0.425 e. The molecule has 0 radical (unpaired) electrons. The first-order chi connectivity index (χ1) is 13.0. The topological polar surface area (TPSA) is 48.2 Å². The van der Waals surface area contributed by atoms with Gasteiger partial charge < -0.3 is 9.26 Å². The predicted molar refractivity (Wildman–Crippen MR) is 89.2 cm³/mol. The minimum atomic E-state index is -4.96. The van der Waals surface area contributed by atoms with Crippen LogP contribution >= 0.6 is 22.9 Å². The van der Waals surface area contributed by atoms with Crippen LogP contribution in [0.5, 0.6) is 5.75 Å². The molecule has 0 bridgehead atoms. The summed E-state index contributed by atoms with van der Waals surface area (Å²) in [7, 11) is 0. The fourth-order valence-electron chi connectivity index (χ4n) is 2.13. The Balaban J connectivity index is 1.98. The van der Waals surface area contributed by atoms with Gasteiger partial charge in [-0.05, 0) is 36.6 Å². The molecule has 28 heavy (non-hydrogen) atoms. The highest BCUT2D eigenvalue weighted by atomic mass is 35.5. The Hall–Kier alpha value is -2.27. The number of rotatable bonds is 4. The first-order valence-corrected chi connectivity index (χ1v) is 8.74. The Morgan fingerprint density at radius 2 is 1.86 bits per heavy atom. The second-order valence-corrected chi connectivity index (χ2v) is 6.85. The van der Waals surface area contributed by atoms with Gasteiger partial charge in [0.1, 0.15) is 5.75 Å². The molecule has 1 unspecified atom stereocenters. The first kappa shape index (κ1) is 20.5. The maximum atomic E-state index is 13.3. The maximum Gasteiger partial charge on any atom is 0.425 e. The van der Waals surface area contributed by atoms with Crippen LogP contribution in [0.15, 0.2) is 34.2 Å². The zero-order valence-electron chi connectivity index (χ0n) is 13.7. The molecule has 0 aliphatic rings. The van der Waals surface area contributed by atoms with Gasteiger partial charge in [-0.1, -0.05) is 16.8 Å². The largest absolute Gasteiger partial charge is 0.481 e. The third kappa shape index (κ3) is 4.25. The van der Waals surface area contributed by atoms with Crippen LogP contribution in [-0.4, -0.2) is 22.4 Å². The van der Waals surface area contributed by atoms with Gasteiger partial charge in [0, 0.05) is 5.56 Å². The summed E-state index contributed by atoms with van der Waals surface area (Å²) in [4.78, 5) is 4.46. The van der Waals surface area contributed by atoms with Gasteiger partial charge >= 0.3 is 12.4 Å². The van der Waals surface area contributed by atoms with Crippen LogP contribution in [0.25, 0.3) is 22.2 Å². The molecule has 1 aromatic carbocycles. The van der Waals surface area contributed by atoms with Crippen LogP contribution in [-0.2, 0) is 6.18 Å². The number of ether oxygens (including phenoxy) is 1. The fourth-order valence-corrected chi connectivity index (χ4v) is 3.20. The number of halogens is 7. The molecule has 2 heterocycles. The lowest BCUT2D eigenvalue weighted by atomic mass is 10.1. The molecule has 3 rings (SSSR count). The zero-order valence-corrected chi connectivity index (χ0v) is 15.3. The summed E-state index contributed by atoms with van der Waals surface area (Å²) in [6, 6.07) is 4.06. The SMILES string of the molecule is CC(Oc1ccc(-c2nc(-c3sccc3Cl)no2)cc1C(F)(F)F)C(F)(F)F. The van der Waals surface area contributed by atoms with Crippen molar-refractivity contribution < 1.29 is 35.6 Å². The molecule has 0 saturated heterocycles.